The summed E-state index contributed by atoms with van der Waals surface area (Å²) in [4.78, 5) is 76.1. The molecule has 4 N–H and O–H groups in total. The minimum Gasteiger partial charge on any atom is -0.453 e. The predicted molar refractivity (Wildman–Crippen MR) is 218 cm³/mol. The van der Waals surface area contributed by atoms with E-state index in [1.807, 2.05) is 39.8 Å². The Hall–Kier alpha value is -6.25. The van der Waals surface area contributed by atoms with E-state index in [-0.39, 0.29) is 35.7 Å². The van der Waals surface area contributed by atoms with Crippen molar-refractivity contribution in [2.45, 2.75) is 77.5 Å². The van der Waals surface area contributed by atoms with Gasteiger partial charge in [-0.25, -0.2) is 19.6 Å². The minimum absolute atomic E-state index is 0.115. The van der Waals surface area contributed by atoms with Crippen LogP contribution in [0.15, 0.2) is 67.1 Å². The van der Waals surface area contributed by atoms with Crippen molar-refractivity contribution in [1.29, 1.82) is 0 Å². The van der Waals surface area contributed by atoms with Crippen LogP contribution in [0, 0.1) is 11.8 Å². The summed E-state index contributed by atoms with van der Waals surface area (Å²) in [5.41, 5.74) is 6.34. The Labute approximate surface area is 337 Å². The number of rotatable bonds is 11. The lowest BCUT2D eigenvalue weighted by molar-refractivity contribution is -0.136. The van der Waals surface area contributed by atoms with E-state index >= 15 is 0 Å². The quantitative estimate of drug-likeness (QED) is 0.112. The molecule has 304 valence electrons. The molecule has 4 atom stereocenters. The normalized spacial score (nSPS) is 17.8. The highest BCUT2D eigenvalue weighted by molar-refractivity contribution is 6.02. The van der Waals surface area contributed by atoms with Crippen LogP contribution in [0.3, 0.4) is 0 Å². The van der Waals surface area contributed by atoms with Gasteiger partial charge in [-0.1, -0.05) is 64.1 Å². The predicted octanol–water partition coefficient (Wildman–Crippen LogP) is 6.77. The number of benzene rings is 2. The lowest BCUT2D eigenvalue weighted by Gasteiger charge is -2.30. The maximum Gasteiger partial charge on any atom is 0.407 e. The molecule has 4 unspecified atom stereocenters. The summed E-state index contributed by atoms with van der Waals surface area (Å²) in [5.74, 6) is 0.854. The Balaban J connectivity index is 1.09. The molecule has 0 radical (unpaired) electrons. The third-order valence-corrected chi connectivity index (χ3v) is 11.2. The Morgan fingerprint density at radius 1 is 0.672 bits per heavy atom. The number of aromatic amines is 2. The number of nitrogens with one attached hydrogen (secondary N) is 4. The van der Waals surface area contributed by atoms with Crippen LogP contribution in [0.5, 0.6) is 0 Å². The molecule has 5 heterocycles. The standard InChI is InChI=1S/C43H51N9O6/c1-24(2)35(49-42(55)57-5)40(53)51-20-8-11-33(51)38-45-22-31(47-38)27-15-13-26(14-16-27)28-17-18-30(37-29(28)10-7-19-44-37)32-23-46-39(48-32)34-12-9-21-52(34)41(54)36(25(3)4)50-43(56)58-6/h7,10,13-19,22-25,33-36H,8-9,11-12,20-21H2,1-6H3,(H,45,47)(H,46,48)(H,49,55)(H,50,56). The van der Waals surface area contributed by atoms with E-state index < -0.39 is 24.3 Å². The Morgan fingerprint density at radius 2 is 1.17 bits per heavy atom. The van der Waals surface area contributed by atoms with E-state index in [4.69, 9.17) is 24.4 Å². The van der Waals surface area contributed by atoms with E-state index in [2.05, 4.69) is 57.0 Å². The average molecular weight is 790 g/mol. The molecule has 58 heavy (non-hydrogen) atoms. The van der Waals surface area contributed by atoms with Gasteiger partial charge in [0.15, 0.2) is 0 Å². The highest BCUT2D eigenvalue weighted by Crippen LogP contribution is 2.38. The number of amides is 4. The third-order valence-electron chi connectivity index (χ3n) is 11.2. The summed E-state index contributed by atoms with van der Waals surface area (Å²) in [5, 5.41) is 6.38. The molecule has 2 aliphatic heterocycles. The zero-order valence-electron chi connectivity index (χ0n) is 33.7. The number of methoxy groups -OCH3 is 2. The number of imidazole rings is 2. The molecule has 5 aromatic rings. The van der Waals surface area contributed by atoms with Gasteiger partial charge < -0.3 is 39.9 Å². The van der Waals surface area contributed by atoms with Crippen LogP contribution in [0.1, 0.15) is 77.1 Å². The molecule has 0 aliphatic carbocycles. The molecule has 15 heteroatoms. The number of hydrogen-bond donors (Lipinski definition) is 4. The Bertz CT molecular complexity index is 2280. The zero-order valence-corrected chi connectivity index (χ0v) is 33.7. The maximum atomic E-state index is 13.7. The molecule has 7 rings (SSSR count). The van der Waals surface area contributed by atoms with Crippen LogP contribution < -0.4 is 10.6 Å². The number of pyridine rings is 1. The maximum absolute atomic E-state index is 13.7. The van der Waals surface area contributed by atoms with Gasteiger partial charge in [-0.3, -0.25) is 14.6 Å². The summed E-state index contributed by atoms with van der Waals surface area (Å²) in [6.07, 6.45) is 7.29. The second-order valence-electron chi connectivity index (χ2n) is 15.6. The summed E-state index contributed by atoms with van der Waals surface area (Å²) in [7, 11) is 2.57. The van der Waals surface area contributed by atoms with Gasteiger partial charge in [0.1, 0.15) is 23.7 Å². The van der Waals surface area contributed by atoms with Gasteiger partial charge in [0.25, 0.3) is 0 Å². The van der Waals surface area contributed by atoms with E-state index in [0.717, 1.165) is 70.2 Å². The molecule has 2 saturated heterocycles. The van der Waals surface area contributed by atoms with Crippen LogP contribution in [-0.2, 0) is 19.1 Å². The van der Waals surface area contributed by atoms with Crippen molar-refractivity contribution in [2.24, 2.45) is 11.8 Å². The van der Waals surface area contributed by atoms with Gasteiger partial charge in [0.2, 0.25) is 11.8 Å². The largest absolute Gasteiger partial charge is 0.453 e. The van der Waals surface area contributed by atoms with Gasteiger partial charge >= 0.3 is 12.2 Å². The monoisotopic (exact) mass is 789 g/mol. The molecular weight excluding hydrogens is 739 g/mol. The van der Waals surface area contributed by atoms with Crippen LogP contribution in [0.25, 0.3) is 44.5 Å². The van der Waals surface area contributed by atoms with Crippen molar-refractivity contribution in [3.8, 4) is 33.6 Å². The Kier molecular flexibility index (Phi) is 11.8. The van der Waals surface area contributed by atoms with E-state index in [9.17, 15) is 19.2 Å². The van der Waals surface area contributed by atoms with Crippen LogP contribution in [-0.4, -0.2) is 98.1 Å². The summed E-state index contributed by atoms with van der Waals surface area (Å²) in [6.45, 7) is 8.75. The number of alkyl carbamates (subject to hydrolysis) is 2. The topological polar surface area (TPSA) is 188 Å². The number of likely N-dealkylation sites (tertiary alicyclic amines) is 2. The summed E-state index contributed by atoms with van der Waals surface area (Å²) >= 11 is 0. The molecule has 2 aromatic carbocycles. The Morgan fingerprint density at radius 3 is 1.71 bits per heavy atom. The fraction of sp³-hybridized carbons (Fsp3) is 0.419. The lowest BCUT2D eigenvalue weighted by Crippen LogP contribution is -2.51. The summed E-state index contributed by atoms with van der Waals surface area (Å²) < 4.78 is 9.55. The van der Waals surface area contributed by atoms with Crippen molar-refractivity contribution >= 4 is 34.9 Å². The minimum atomic E-state index is -0.712. The smallest absolute Gasteiger partial charge is 0.407 e. The molecule has 0 bridgehead atoms. The third kappa shape index (κ3) is 7.98. The molecular formula is C43H51N9O6. The molecule has 15 nitrogen and oxygen atoms in total. The second kappa shape index (κ2) is 17.1. The van der Waals surface area contributed by atoms with Gasteiger partial charge in [-0.05, 0) is 66.3 Å². The van der Waals surface area contributed by atoms with Crippen molar-refractivity contribution in [3.05, 3.63) is 78.8 Å². The van der Waals surface area contributed by atoms with Crippen molar-refractivity contribution in [2.75, 3.05) is 27.3 Å². The van der Waals surface area contributed by atoms with Gasteiger partial charge in [0.05, 0.1) is 55.6 Å². The number of carbonyl (C=O) groups is 4. The van der Waals surface area contributed by atoms with Crippen molar-refractivity contribution < 1.29 is 28.7 Å². The van der Waals surface area contributed by atoms with Crippen LogP contribution >= 0.6 is 0 Å². The van der Waals surface area contributed by atoms with Crippen molar-refractivity contribution in [3.63, 3.8) is 0 Å². The number of carbonyl (C=O) groups excluding carboxylic acids is 4. The SMILES string of the molecule is COC(=O)NC(C(=O)N1CCCC1c1ncc(-c2ccc(-c3ccc(-c4cnc(C5CCCN5C(=O)C(NC(=O)OC)C(C)C)[nH]4)c4ncccc34)cc2)[nH]1)C(C)C. The first kappa shape index (κ1) is 40.0. The van der Waals surface area contributed by atoms with Crippen molar-refractivity contribution in [1.82, 2.24) is 45.4 Å². The molecule has 0 spiro atoms. The second-order valence-corrected chi connectivity index (χ2v) is 15.6. The number of ether oxygens (including phenoxy) is 2. The first-order chi connectivity index (χ1) is 28.0. The fourth-order valence-electron chi connectivity index (χ4n) is 8.15. The van der Waals surface area contributed by atoms with Gasteiger partial charge in [0, 0.05) is 30.2 Å². The number of nitrogens with zero attached hydrogens (tertiary/aromatic N) is 5. The molecule has 4 amide bonds. The first-order valence-electron chi connectivity index (χ1n) is 19.9. The molecule has 2 fully saturated rings. The number of hydrogen-bond acceptors (Lipinski definition) is 9. The molecule has 2 aliphatic rings. The van der Waals surface area contributed by atoms with Gasteiger partial charge in [-0.15, -0.1) is 0 Å². The number of H-pyrrole nitrogens is 2. The molecule has 0 saturated carbocycles. The van der Waals surface area contributed by atoms with Gasteiger partial charge in [-0.2, -0.15) is 0 Å². The number of aromatic nitrogens is 5. The summed E-state index contributed by atoms with van der Waals surface area (Å²) in [6, 6.07) is 14.5. The zero-order chi connectivity index (χ0) is 41.1. The average Bonchev–Trinajstić information content (AvgIpc) is 4.08. The lowest BCUT2D eigenvalue weighted by atomic mass is 9.96. The van der Waals surface area contributed by atoms with Crippen LogP contribution in [0.4, 0.5) is 9.59 Å². The van der Waals surface area contributed by atoms with E-state index in [1.54, 1.807) is 28.4 Å². The number of fused-ring (bicyclic) bond motifs is 1. The van der Waals surface area contributed by atoms with E-state index in [1.165, 1.54) is 14.2 Å². The highest BCUT2D eigenvalue weighted by Gasteiger charge is 2.39. The fourth-order valence-corrected chi connectivity index (χ4v) is 8.15. The van der Waals surface area contributed by atoms with E-state index in [0.29, 0.717) is 24.7 Å². The first-order valence-corrected chi connectivity index (χ1v) is 19.9. The van der Waals surface area contributed by atoms with Crippen LogP contribution in [0.2, 0.25) is 0 Å². The molecule has 3 aromatic heterocycles. The highest BCUT2D eigenvalue weighted by atomic mass is 16.5.